The highest BCUT2D eigenvalue weighted by molar-refractivity contribution is 7.80. The lowest BCUT2D eigenvalue weighted by molar-refractivity contribution is 0.425. The average Bonchev–Trinajstić information content (AvgIpc) is 2.89. The first-order valence-corrected chi connectivity index (χ1v) is 7.79. The fourth-order valence-electron chi connectivity index (χ4n) is 3.09. The van der Waals surface area contributed by atoms with E-state index in [1.807, 2.05) is 36.4 Å². The van der Waals surface area contributed by atoms with Crippen molar-refractivity contribution >= 4 is 47.0 Å². The van der Waals surface area contributed by atoms with Crippen molar-refractivity contribution in [3.8, 4) is 5.69 Å². The molecule has 0 bridgehead atoms. The molecule has 5 heteroatoms. The largest absolute Gasteiger partial charge is 0.489 e. The second kappa shape index (κ2) is 5.46. The Morgan fingerprint density at radius 1 is 0.783 bits per heavy atom. The second-order valence-electron chi connectivity index (χ2n) is 5.49. The van der Waals surface area contributed by atoms with Gasteiger partial charge in [-0.2, -0.15) is 0 Å². The Labute approximate surface area is 139 Å². The molecular weight excluding hydrogens is 305 g/mol. The fourth-order valence-corrected chi connectivity index (χ4v) is 3.41. The molecule has 0 unspecified atom stereocenters. The Hall–Kier alpha value is -2.21. The molecule has 0 aliphatic carbocycles. The van der Waals surface area contributed by atoms with Crippen LogP contribution in [0.1, 0.15) is 0 Å². The second-order valence-corrected chi connectivity index (χ2v) is 5.97. The summed E-state index contributed by atoms with van der Waals surface area (Å²) in [5.74, 6) is 0. The van der Waals surface area contributed by atoms with E-state index in [1.165, 1.54) is 10.8 Å². The first-order chi connectivity index (χ1) is 11.2. The predicted molar refractivity (Wildman–Crippen MR) is 97.9 cm³/mol. The van der Waals surface area contributed by atoms with Gasteiger partial charge in [-0.3, -0.25) is 0 Å². The van der Waals surface area contributed by atoms with Crippen LogP contribution in [0.3, 0.4) is 0 Å². The van der Waals surface area contributed by atoms with Crippen molar-refractivity contribution < 1.29 is 10.0 Å². The van der Waals surface area contributed by atoms with E-state index in [4.69, 9.17) is 0 Å². The highest BCUT2D eigenvalue weighted by Gasteiger charge is 2.16. The lowest BCUT2D eigenvalue weighted by Crippen LogP contribution is -2.31. The maximum absolute atomic E-state index is 9.37. The molecule has 0 saturated heterocycles. The fraction of sp³-hybridized carbons (Fsp3) is 0. The molecule has 0 saturated carbocycles. The maximum atomic E-state index is 9.37. The van der Waals surface area contributed by atoms with Crippen LogP contribution in [0, 0.1) is 0 Å². The van der Waals surface area contributed by atoms with Crippen LogP contribution < -0.4 is 5.46 Å². The molecule has 0 atom stereocenters. The van der Waals surface area contributed by atoms with Crippen LogP contribution in [0.2, 0.25) is 0 Å². The van der Waals surface area contributed by atoms with Gasteiger partial charge in [-0.25, -0.2) is 0 Å². The van der Waals surface area contributed by atoms with Gasteiger partial charge in [-0.1, -0.05) is 42.5 Å². The zero-order chi connectivity index (χ0) is 16.0. The molecule has 0 aliphatic heterocycles. The smallest absolute Gasteiger partial charge is 0.423 e. The van der Waals surface area contributed by atoms with Crippen LogP contribution in [0.4, 0.5) is 0 Å². The quantitative estimate of drug-likeness (QED) is 0.393. The van der Waals surface area contributed by atoms with Gasteiger partial charge in [0, 0.05) is 21.4 Å². The molecule has 23 heavy (non-hydrogen) atoms. The number of benzene rings is 3. The topological polar surface area (TPSA) is 45.4 Å². The molecular formula is C18H14BNO2S. The molecule has 3 aromatic carbocycles. The molecule has 4 aromatic rings. The lowest BCUT2D eigenvalue weighted by Gasteiger charge is -2.11. The van der Waals surface area contributed by atoms with Gasteiger partial charge >= 0.3 is 7.12 Å². The third kappa shape index (κ3) is 2.25. The SMILES string of the molecule is OB(O)c1ccc(-n2c3ccccc3c3ccccc32)cc1S. The minimum absolute atomic E-state index is 0.401. The first kappa shape index (κ1) is 14.4. The summed E-state index contributed by atoms with van der Waals surface area (Å²) in [5.41, 5.74) is 3.56. The van der Waals surface area contributed by atoms with Gasteiger partial charge in [0.1, 0.15) is 0 Å². The molecule has 3 nitrogen and oxygen atoms in total. The van der Waals surface area contributed by atoms with Crippen LogP contribution in [0.15, 0.2) is 71.6 Å². The van der Waals surface area contributed by atoms with Gasteiger partial charge < -0.3 is 14.6 Å². The summed E-state index contributed by atoms with van der Waals surface area (Å²) in [6, 6.07) is 21.9. The summed E-state index contributed by atoms with van der Waals surface area (Å²) < 4.78 is 2.16. The van der Waals surface area contributed by atoms with E-state index >= 15 is 0 Å². The lowest BCUT2D eigenvalue weighted by atomic mass is 9.80. The van der Waals surface area contributed by atoms with E-state index in [0.29, 0.717) is 10.4 Å². The van der Waals surface area contributed by atoms with Crippen molar-refractivity contribution in [1.82, 2.24) is 4.57 Å². The van der Waals surface area contributed by atoms with Crippen LogP contribution >= 0.6 is 12.6 Å². The van der Waals surface area contributed by atoms with Crippen LogP contribution in [0.25, 0.3) is 27.5 Å². The van der Waals surface area contributed by atoms with Gasteiger partial charge in [0.05, 0.1) is 11.0 Å². The molecule has 0 aliphatic rings. The third-order valence-electron chi connectivity index (χ3n) is 4.13. The van der Waals surface area contributed by atoms with Gasteiger partial charge in [-0.15, -0.1) is 12.6 Å². The molecule has 4 rings (SSSR count). The number of rotatable bonds is 2. The molecule has 1 aromatic heterocycles. The van der Waals surface area contributed by atoms with Gasteiger partial charge in [-0.05, 0) is 29.7 Å². The Bertz CT molecular complexity index is 973. The standard InChI is InChI=1S/C18H14BNO2S/c21-19(22)15-10-9-12(11-18(15)23)20-16-7-3-1-5-13(16)14-6-2-4-8-17(14)20/h1-11,21-23H. The van der Waals surface area contributed by atoms with Crippen molar-refractivity contribution in [2.45, 2.75) is 4.90 Å². The zero-order valence-corrected chi connectivity index (χ0v) is 13.1. The highest BCUT2D eigenvalue weighted by atomic mass is 32.1. The maximum Gasteiger partial charge on any atom is 0.489 e. The number of para-hydroxylation sites is 2. The van der Waals surface area contributed by atoms with Crippen molar-refractivity contribution in [2.75, 3.05) is 0 Å². The predicted octanol–water partition coefficient (Wildman–Crippen LogP) is 2.75. The zero-order valence-electron chi connectivity index (χ0n) is 12.2. The van der Waals surface area contributed by atoms with Crippen LogP contribution in [-0.4, -0.2) is 21.7 Å². The molecule has 112 valence electrons. The first-order valence-electron chi connectivity index (χ1n) is 7.34. The van der Waals surface area contributed by atoms with E-state index in [-0.39, 0.29) is 0 Å². The van der Waals surface area contributed by atoms with E-state index in [1.54, 1.807) is 6.07 Å². The third-order valence-corrected chi connectivity index (χ3v) is 4.52. The summed E-state index contributed by atoms with van der Waals surface area (Å²) in [7, 11) is -1.52. The normalized spacial score (nSPS) is 11.3. The van der Waals surface area contributed by atoms with E-state index in [0.717, 1.165) is 16.7 Å². The molecule has 2 N–H and O–H groups in total. The Kier molecular flexibility index (Phi) is 3.41. The number of nitrogens with zero attached hydrogens (tertiary/aromatic N) is 1. The summed E-state index contributed by atoms with van der Waals surface area (Å²) >= 11 is 4.39. The number of fused-ring (bicyclic) bond motifs is 3. The molecule has 0 amide bonds. The summed E-state index contributed by atoms with van der Waals surface area (Å²) in [6.07, 6.45) is 0. The Balaban J connectivity index is 2.06. The minimum atomic E-state index is -1.52. The monoisotopic (exact) mass is 319 g/mol. The van der Waals surface area contributed by atoms with E-state index in [9.17, 15) is 10.0 Å². The van der Waals surface area contributed by atoms with Crippen molar-refractivity contribution in [3.63, 3.8) is 0 Å². The van der Waals surface area contributed by atoms with Crippen molar-refractivity contribution in [2.24, 2.45) is 0 Å². The molecule has 0 fully saturated rings. The Morgan fingerprint density at radius 2 is 1.35 bits per heavy atom. The van der Waals surface area contributed by atoms with Crippen molar-refractivity contribution in [1.29, 1.82) is 0 Å². The molecule has 1 heterocycles. The van der Waals surface area contributed by atoms with Gasteiger partial charge in [0.15, 0.2) is 0 Å². The van der Waals surface area contributed by atoms with Crippen LogP contribution in [-0.2, 0) is 0 Å². The number of hydrogen-bond acceptors (Lipinski definition) is 3. The van der Waals surface area contributed by atoms with Gasteiger partial charge in [0.25, 0.3) is 0 Å². The summed E-state index contributed by atoms with van der Waals surface area (Å²) in [4.78, 5) is 0.555. The average molecular weight is 319 g/mol. The summed E-state index contributed by atoms with van der Waals surface area (Å²) in [5, 5.41) is 21.1. The van der Waals surface area contributed by atoms with Crippen LogP contribution in [0.5, 0.6) is 0 Å². The Morgan fingerprint density at radius 3 is 1.87 bits per heavy atom. The number of aromatic nitrogens is 1. The molecule has 0 radical (unpaired) electrons. The molecule has 0 spiro atoms. The van der Waals surface area contributed by atoms with E-state index < -0.39 is 7.12 Å². The number of hydrogen-bond donors (Lipinski definition) is 3. The van der Waals surface area contributed by atoms with Gasteiger partial charge in [0.2, 0.25) is 0 Å². The summed E-state index contributed by atoms with van der Waals surface area (Å²) in [6.45, 7) is 0. The highest BCUT2D eigenvalue weighted by Crippen LogP contribution is 2.31. The number of thiol groups is 1. The van der Waals surface area contributed by atoms with Crippen molar-refractivity contribution in [3.05, 3.63) is 66.7 Å². The minimum Gasteiger partial charge on any atom is -0.423 e. The van der Waals surface area contributed by atoms with E-state index in [2.05, 4.69) is 41.5 Å².